The van der Waals surface area contributed by atoms with E-state index in [9.17, 15) is 14.4 Å². The molecule has 0 saturated carbocycles. The molecule has 1 unspecified atom stereocenters. The van der Waals surface area contributed by atoms with Crippen molar-refractivity contribution in [2.45, 2.75) is 57.0 Å². The molecule has 10 nitrogen and oxygen atoms in total. The van der Waals surface area contributed by atoms with Gasteiger partial charge < -0.3 is 31.1 Å². The lowest BCUT2D eigenvalue weighted by Gasteiger charge is -2.45. The molecule has 3 aliphatic heterocycles. The summed E-state index contributed by atoms with van der Waals surface area (Å²) in [5.41, 5.74) is 5.52. The lowest BCUT2D eigenvalue weighted by Crippen LogP contribution is -2.52. The van der Waals surface area contributed by atoms with Crippen molar-refractivity contribution in [2.75, 3.05) is 50.4 Å². The summed E-state index contributed by atoms with van der Waals surface area (Å²) in [6.07, 6.45) is 7.18. The Morgan fingerprint density at radius 2 is 1.72 bits per heavy atom. The Bertz CT molecular complexity index is 1640. The zero-order valence-electron chi connectivity index (χ0n) is 26.5. The van der Waals surface area contributed by atoms with Gasteiger partial charge in [0.1, 0.15) is 12.4 Å². The first-order valence-electron chi connectivity index (χ1n) is 16.5. The number of anilines is 2. The van der Waals surface area contributed by atoms with Crippen LogP contribution < -0.4 is 21.3 Å². The third-order valence-corrected chi connectivity index (χ3v) is 10.7. The number of benzene rings is 2. The van der Waals surface area contributed by atoms with Gasteiger partial charge in [-0.15, -0.1) is 0 Å². The zero-order valence-corrected chi connectivity index (χ0v) is 26.5. The number of hydrogen-bond donors (Lipinski definition) is 4. The van der Waals surface area contributed by atoms with Gasteiger partial charge in [0.15, 0.2) is 0 Å². The molecule has 1 aliphatic carbocycles. The largest absolute Gasteiger partial charge is 0.325 e. The van der Waals surface area contributed by atoms with Crippen LogP contribution in [0.2, 0.25) is 0 Å². The SMILES string of the molecule is CNCc1ccccc1CN(CC(=O)Nc1ccc2c(c1)CC1(C2)C(=O)Nc2ncccc21)C(=O)N1CCC2(CCNCC2)CC1. The number of rotatable bonds is 7. The van der Waals surface area contributed by atoms with Crippen molar-refractivity contribution in [3.8, 4) is 0 Å². The first-order valence-corrected chi connectivity index (χ1v) is 16.5. The smallest absolute Gasteiger partial charge is 0.320 e. The number of carbonyl (C=O) groups is 3. The van der Waals surface area contributed by atoms with E-state index in [1.54, 1.807) is 11.1 Å². The van der Waals surface area contributed by atoms with E-state index in [0.717, 1.165) is 66.6 Å². The normalized spacial score (nSPS) is 21.2. The molecule has 0 bridgehead atoms. The Balaban J connectivity index is 1.06. The molecule has 3 aromatic rings. The van der Waals surface area contributed by atoms with Gasteiger partial charge in [-0.2, -0.15) is 0 Å². The Morgan fingerprint density at radius 3 is 2.50 bits per heavy atom. The second-order valence-electron chi connectivity index (χ2n) is 13.5. The standard InChI is InChI=1S/C36H43N7O3/c1-37-22-26-5-2-3-6-27(26)23-43(34(46)42-17-12-35(13-18-42)10-15-38-16-11-35)24-31(44)40-29-9-8-25-20-36(21-28(25)19-29)30-7-4-14-39-32(30)41-33(36)45/h2-9,14,19,37-38H,10-13,15-18,20-24H2,1H3,(H,40,44)(H,39,41,45). The van der Waals surface area contributed by atoms with Crippen LogP contribution in [0.15, 0.2) is 60.8 Å². The summed E-state index contributed by atoms with van der Waals surface area (Å²) in [4.78, 5) is 48.8. The van der Waals surface area contributed by atoms with Crippen molar-refractivity contribution in [1.82, 2.24) is 25.4 Å². The molecule has 4 N–H and O–H groups in total. The van der Waals surface area contributed by atoms with E-state index in [4.69, 9.17) is 0 Å². The lowest BCUT2D eigenvalue weighted by atomic mass is 9.72. The quantitative estimate of drug-likeness (QED) is 0.319. The Hall–Kier alpha value is -4.28. The fourth-order valence-electron chi connectivity index (χ4n) is 8.02. The maximum absolute atomic E-state index is 14.1. The van der Waals surface area contributed by atoms with Crippen LogP contribution in [-0.2, 0) is 40.9 Å². The van der Waals surface area contributed by atoms with Crippen LogP contribution in [0.3, 0.4) is 0 Å². The molecule has 2 fully saturated rings. The highest BCUT2D eigenvalue weighted by molar-refractivity contribution is 6.06. The minimum absolute atomic E-state index is 0.0283. The summed E-state index contributed by atoms with van der Waals surface area (Å²) in [5, 5.41) is 12.7. The maximum Gasteiger partial charge on any atom is 0.320 e. The van der Waals surface area contributed by atoms with Crippen LogP contribution in [0.4, 0.5) is 16.3 Å². The molecule has 4 amide bonds. The topological polar surface area (TPSA) is 119 Å². The molecule has 4 heterocycles. The third kappa shape index (κ3) is 5.76. The summed E-state index contributed by atoms with van der Waals surface area (Å²) < 4.78 is 0. The summed E-state index contributed by atoms with van der Waals surface area (Å²) in [6, 6.07) is 17.7. The average molecular weight is 622 g/mol. The van der Waals surface area contributed by atoms with E-state index < -0.39 is 5.41 Å². The first-order chi connectivity index (χ1) is 22.4. The number of amides is 4. The van der Waals surface area contributed by atoms with Gasteiger partial charge in [0.2, 0.25) is 11.8 Å². The molecule has 2 saturated heterocycles. The van der Waals surface area contributed by atoms with E-state index in [2.05, 4.69) is 32.3 Å². The Labute approximate surface area is 270 Å². The average Bonchev–Trinajstić information content (AvgIpc) is 3.58. The Kier molecular flexibility index (Phi) is 8.25. The minimum atomic E-state index is -0.667. The van der Waals surface area contributed by atoms with Gasteiger partial charge in [-0.3, -0.25) is 9.59 Å². The molecule has 1 atom stereocenters. The van der Waals surface area contributed by atoms with Gasteiger partial charge in [0.05, 0.1) is 5.41 Å². The molecule has 0 radical (unpaired) electrons. The molecule has 1 aromatic heterocycles. The molecular formula is C36H43N7O3. The first kappa shape index (κ1) is 30.4. The number of carbonyl (C=O) groups excluding carboxylic acids is 3. The van der Waals surface area contributed by atoms with Crippen molar-refractivity contribution in [3.63, 3.8) is 0 Å². The highest BCUT2D eigenvalue weighted by Crippen LogP contribution is 2.47. The number of pyridine rings is 1. The van der Waals surface area contributed by atoms with Gasteiger partial charge in [0, 0.05) is 43.6 Å². The minimum Gasteiger partial charge on any atom is -0.325 e. The van der Waals surface area contributed by atoms with Crippen LogP contribution in [0.25, 0.3) is 0 Å². The maximum atomic E-state index is 14.1. The van der Waals surface area contributed by atoms with Gasteiger partial charge in [-0.05, 0) is 105 Å². The predicted octanol–water partition coefficient (Wildman–Crippen LogP) is 3.82. The van der Waals surface area contributed by atoms with Crippen molar-refractivity contribution in [2.24, 2.45) is 5.41 Å². The number of piperidine rings is 2. The van der Waals surface area contributed by atoms with Crippen LogP contribution in [-0.4, -0.2) is 72.4 Å². The molecule has 7 rings (SSSR count). The number of nitrogens with one attached hydrogen (secondary N) is 4. The molecule has 2 spiro atoms. The molecule has 2 aromatic carbocycles. The zero-order chi connectivity index (χ0) is 31.7. The van der Waals surface area contributed by atoms with Crippen LogP contribution >= 0.6 is 0 Å². The number of hydrogen-bond acceptors (Lipinski definition) is 6. The third-order valence-electron chi connectivity index (χ3n) is 10.7. The molecule has 46 heavy (non-hydrogen) atoms. The van der Waals surface area contributed by atoms with E-state index >= 15 is 0 Å². The fraction of sp³-hybridized carbons (Fsp3) is 0.444. The number of nitrogens with zero attached hydrogens (tertiary/aromatic N) is 3. The van der Waals surface area contributed by atoms with E-state index in [0.29, 0.717) is 55.9 Å². The second kappa shape index (κ2) is 12.5. The fourth-order valence-corrected chi connectivity index (χ4v) is 8.02. The van der Waals surface area contributed by atoms with Gasteiger partial charge in [0.25, 0.3) is 0 Å². The van der Waals surface area contributed by atoms with E-state index in [-0.39, 0.29) is 24.4 Å². The Morgan fingerprint density at radius 1 is 0.957 bits per heavy atom. The summed E-state index contributed by atoms with van der Waals surface area (Å²) in [6.45, 7) is 4.50. The lowest BCUT2D eigenvalue weighted by molar-refractivity contribution is -0.120. The van der Waals surface area contributed by atoms with Crippen molar-refractivity contribution >= 4 is 29.4 Å². The predicted molar refractivity (Wildman–Crippen MR) is 177 cm³/mol. The molecule has 10 heteroatoms. The van der Waals surface area contributed by atoms with Crippen LogP contribution in [0, 0.1) is 5.41 Å². The molecule has 4 aliphatic rings. The monoisotopic (exact) mass is 621 g/mol. The van der Waals surface area contributed by atoms with Crippen LogP contribution in [0.1, 0.15) is 53.5 Å². The van der Waals surface area contributed by atoms with Crippen LogP contribution in [0.5, 0.6) is 0 Å². The van der Waals surface area contributed by atoms with E-state index in [1.165, 1.54) is 0 Å². The number of urea groups is 1. The highest BCUT2D eigenvalue weighted by Gasteiger charge is 2.51. The summed E-state index contributed by atoms with van der Waals surface area (Å²) >= 11 is 0. The molecule has 240 valence electrons. The van der Waals surface area contributed by atoms with Gasteiger partial charge in [-0.25, -0.2) is 9.78 Å². The number of aromatic nitrogens is 1. The van der Waals surface area contributed by atoms with Crippen molar-refractivity contribution in [1.29, 1.82) is 0 Å². The van der Waals surface area contributed by atoms with Gasteiger partial charge >= 0.3 is 6.03 Å². The van der Waals surface area contributed by atoms with E-state index in [1.807, 2.05) is 60.5 Å². The van der Waals surface area contributed by atoms with Crippen molar-refractivity contribution < 1.29 is 14.4 Å². The van der Waals surface area contributed by atoms with Crippen molar-refractivity contribution in [3.05, 3.63) is 88.6 Å². The summed E-state index contributed by atoms with van der Waals surface area (Å²) in [7, 11) is 1.91. The van der Waals surface area contributed by atoms with Gasteiger partial charge in [-0.1, -0.05) is 36.4 Å². The summed E-state index contributed by atoms with van der Waals surface area (Å²) in [5.74, 6) is 0.362. The highest BCUT2D eigenvalue weighted by atomic mass is 16.2. The molecular weight excluding hydrogens is 578 g/mol. The second-order valence-corrected chi connectivity index (χ2v) is 13.5. The number of likely N-dealkylation sites (tertiary alicyclic amines) is 1. The number of fused-ring (bicyclic) bond motifs is 3.